The summed E-state index contributed by atoms with van der Waals surface area (Å²) in [5, 5.41) is 13.7. The molecule has 3 rings (SSSR count). The van der Waals surface area contributed by atoms with Crippen molar-refractivity contribution in [1.29, 1.82) is 0 Å². The lowest BCUT2D eigenvalue weighted by molar-refractivity contribution is -0.130. The molecule has 0 spiro atoms. The van der Waals surface area contributed by atoms with Crippen LogP contribution in [-0.4, -0.2) is 55.5 Å². The summed E-state index contributed by atoms with van der Waals surface area (Å²) < 4.78 is 11.0. The Hall–Kier alpha value is -3.32. The average Bonchev–Trinajstić information content (AvgIpc) is 2.84. The summed E-state index contributed by atoms with van der Waals surface area (Å²) in [7, 11) is 1.43. The van der Waals surface area contributed by atoms with Crippen LogP contribution < -0.4 is 4.74 Å². The van der Waals surface area contributed by atoms with Gasteiger partial charge in [0.05, 0.1) is 19.6 Å². The van der Waals surface area contributed by atoms with Crippen molar-refractivity contribution in [1.82, 2.24) is 4.90 Å². The Bertz CT molecular complexity index is 1030. The number of carboxylic acid groups (broad SMARTS) is 1. The molecule has 1 aliphatic rings. The van der Waals surface area contributed by atoms with E-state index in [-0.39, 0.29) is 12.2 Å². The van der Waals surface area contributed by atoms with Gasteiger partial charge in [-0.2, -0.15) is 0 Å². The van der Waals surface area contributed by atoms with Crippen LogP contribution in [0.4, 0.5) is 0 Å². The largest absolute Gasteiger partial charge is 0.503 e. The van der Waals surface area contributed by atoms with Crippen molar-refractivity contribution in [2.45, 2.75) is 39.7 Å². The van der Waals surface area contributed by atoms with Gasteiger partial charge in [-0.25, -0.2) is 4.79 Å². The van der Waals surface area contributed by atoms with E-state index in [0.717, 1.165) is 47.6 Å². The van der Waals surface area contributed by atoms with Gasteiger partial charge < -0.3 is 19.4 Å². The molecule has 0 saturated carbocycles. The minimum absolute atomic E-state index is 0.0847. The third kappa shape index (κ3) is 7.09. The number of ether oxygens (including phenoxy) is 2. The maximum Gasteiger partial charge on any atom is 0.339 e. The first kappa shape index (κ1) is 25.3. The summed E-state index contributed by atoms with van der Waals surface area (Å²) in [6, 6.07) is 11.2. The number of aliphatic carboxylic acids is 1. The molecule has 1 saturated heterocycles. The minimum atomic E-state index is -1.05. The van der Waals surface area contributed by atoms with Crippen LogP contribution in [0.5, 0.6) is 5.75 Å². The molecule has 34 heavy (non-hydrogen) atoms. The smallest absolute Gasteiger partial charge is 0.339 e. The molecule has 0 radical (unpaired) electrons. The van der Waals surface area contributed by atoms with E-state index in [9.17, 15) is 9.90 Å². The summed E-state index contributed by atoms with van der Waals surface area (Å²) in [5.74, 6) is -0.314. The van der Waals surface area contributed by atoms with E-state index in [1.54, 1.807) is 18.3 Å². The van der Waals surface area contributed by atoms with Gasteiger partial charge in [0.15, 0.2) is 0 Å². The van der Waals surface area contributed by atoms with E-state index in [4.69, 9.17) is 14.3 Å². The van der Waals surface area contributed by atoms with Crippen LogP contribution in [0.3, 0.4) is 0 Å². The molecule has 0 aliphatic carbocycles. The molecule has 0 atom stereocenters. The highest BCUT2D eigenvalue weighted by atomic mass is 16.6. The van der Waals surface area contributed by atoms with Gasteiger partial charge in [-0.1, -0.05) is 35.8 Å². The van der Waals surface area contributed by atoms with Crippen molar-refractivity contribution in [3.8, 4) is 5.75 Å². The first-order valence-electron chi connectivity index (χ1n) is 11.7. The molecule has 0 unspecified atom stereocenters. The number of oxime groups is 1. The number of nitrogens with zero attached hydrogens (tertiary/aromatic N) is 2. The molecule has 7 heteroatoms. The lowest BCUT2D eigenvalue weighted by Crippen LogP contribution is -2.32. The first-order chi connectivity index (χ1) is 16.5. The van der Waals surface area contributed by atoms with Crippen molar-refractivity contribution >= 4 is 17.8 Å². The molecule has 0 aromatic heterocycles. The number of piperidine rings is 1. The molecular formula is C27H34N2O5. The Morgan fingerprint density at radius 3 is 2.62 bits per heavy atom. The van der Waals surface area contributed by atoms with Crippen molar-refractivity contribution in [2.75, 3.05) is 33.4 Å². The minimum Gasteiger partial charge on any atom is -0.503 e. The van der Waals surface area contributed by atoms with Gasteiger partial charge in [0.1, 0.15) is 24.5 Å². The van der Waals surface area contributed by atoms with Gasteiger partial charge >= 0.3 is 5.97 Å². The third-order valence-corrected chi connectivity index (χ3v) is 5.93. The Balaban J connectivity index is 1.61. The Morgan fingerprint density at radius 2 is 1.88 bits per heavy atom. The maximum absolute atomic E-state index is 11.6. The number of benzene rings is 2. The monoisotopic (exact) mass is 466 g/mol. The molecule has 2 aromatic rings. The van der Waals surface area contributed by atoms with Crippen LogP contribution in [0.25, 0.3) is 5.57 Å². The van der Waals surface area contributed by atoms with Crippen molar-refractivity contribution in [3.05, 3.63) is 70.5 Å². The lowest BCUT2D eigenvalue weighted by Gasteiger charge is -2.25. The number of carboxylic acids is 1. The first-order valence-corrected chi connectivity index (χ1v) is 11.7. The molecule has 1 N–H and O–H groups in total. The standard InChI is InChI=1S/C27H34N2O5/c1-20-16-26(33-18-22-9-5-6-10-24(22)25(19-32-3)27(30)31)21(2)15-23(20)17-28-34-14-13-29-11-7-4-8-12-29/h5-6,9-10,15-17,19H,4,7-8,11-14,18H2,1-3H3,(H,30,31). The molecule has 7 nitrogen and oxygen atoms in total. The molecular weight excluding hydrogens is 432 g/mol. The second-order valence-electron chi connectivity index (χ2n) is 8.46. The van der Waals surface area contributed by atoms with E-state index in [2.05, 4.69) is 10.1 Å². The SMILES string of the molecule is COC=C(C(=O)O)c1ccccc1COc1cc(C)c(C=NOCCN2CCCCC2)cc1C. The van der Waals surface area contributed by atoms with Crippen LogP contribution in [0.2, 0.25) is 0 Å². The molecule has 1 heterocycles. The zero-order valence-electron chi connectivity index (χ0n) is 20.3. The second-order valence-corrected chi connectivity index (χ2v) is 8.46. The molecule has 182 valence electrons. The van der Waals surface area contributed by atoms with Crippen LogP contribution in [0, 0.1) is 13.8 Å². The number of carbonyl (C=O) groups is 1. The predicted octanol–water partition coefficient (Wildman–Crippen LogP) is 4.79. The van der Waals surface area contributed by atoms with E-state index in [0.29, 0.717) is 12.2 Å². The summed E-state index contributed by atoms with van der Waals surface area (Å²) in [5.41, 5.74) is 4.36. The van der Waals surface area contributed by atoms with Crippen molar-refractivity contribution < 1.29 is 24.2 Å². The molecule has 1 aliphatic heterocycles. The summed E-state index contributed by atoms with van der Waals surface area (Å²) in [4.78, 5) is 19.5. The average molecular weight is 467 g/mol. The van der Waals surface area contributed by atoms with Crippen LogP contribution in [0.15, 0.2) is 47.8 Å². The number of hydrogen-bond acceptors (Lipinski definition) is 6. The van der Waals surface area contributed by atoms with Gasteiger partial charge in [-0.15, -0.1) is 0 Å². The number of likely N-dealkylation sites (tertiary alicyclic amines) is 1. The second kappa shape index (κ2) is 12.8. The predicted molar refractivity (Wildman–Crippen MR) is 133 cm³/mol. The Kier molecular flexibility index (Phi) is 9.52. The molecule has 2 aromatic carbocycles. The summed E-state index contributed by atoms with van der Waals surface area (Å²) in [6.45, 7) is 8.01. The topological polar surface area (TPSA) is 80.6 Å². The number of hydrogen-bond donors (Lipinski definition) is 1. The zero-order valence-corrected chi connectivity index (χ0v) is 20.3. The van der Waals surface area contributed by atoms with E-state index >= 15 is 0 Å². The molecule has 1 fully saturated rings. The fraction of sp³-hybridized carbons (Fsp3) is 0.407. The van der Waals surface area contributed by atoms with Crippen LogP contribution in [0.1, 0.15) is 47.1 Å². The van der Waals surface area contributed by atoms with Gasteiger partial charge in [-0.3, -0.25) is 4.90 Å². The highest BCUT2D eigenvalue weighted by Gasteiger charge is 2.16. The summed E-state index contributed by atoms with van der Waals surface area (Å²) in [6.07, 6.45) is 6.85. The highest BCUT2D eigenvalue weighted by Crippen LogP contribution is 2.26. The number of rotatable bonds is 11. The fourth-order valence-corrected chi connectivity index (χ4v) is 4.02. The summed E-state index contributed by atoms with van der Waals surface area (Å²) >= 11 is 0. The van der Waals surface area contributed by atoms with E-state index in [1.807, 2.05) is 38.1 Å². The Labute approximate surface area is 201 Å². The quantitative estimate of drug-likeness (QED) is 0.169. The zero-order chi connectivity index (χ0) is 24.3. The lowest BCUT2D eigenvalue weighted by atomic mass is 10.0. The van der Waals surface area contributed by atoms with Gasteiger partial charge in [0.25, 0.3) is 0 Å². The van der Waals surface area contributed by atoms with Crippen molar-refractivity contribution in [3.63, 3.8) is 0 Å². The van der Waals surface area contributed by atoms with Crippen LogP contribution >= 0.6 is 0 Å². The van der Waals surface area contributed by atoms with E-state index in [1.165, 1.54) is 32.6 Å². The Morgan fingerprint density at radius 1 is 1.12 bits per heavy atom. The molecule has 0 amide bonds. The fourth-order valence-electron chi connectivity index (χ4n) is 4.02. The number of methoxy groups -OCH3 is 1. The van der Waals surface area contributed by atoms with Gasteiger partial charge in [-0.05, 0) is 79.7 Å². The van der Waals surface area contributed by atoms with Gasteiger partial charge in [0.2, 0.25) is 0 Å². The third-order valence-electron chi connectivity index (χ3n) is 5.93. The van der Waals surface area contributed by atoms with Crippen molar-refractivity contribution in [2.24, 2.45) is 5.16 Å². The maximum atomic E-state index is 11.6. The van der Waals surface area contributed by atoms with Crippen LogP contribution in [-0.2, 0) is 21.0 Å². The molecule has 0 bridgehead atoms. The van der Waals surface area contributed by atoms with Gasteiger partial charge in [0, 0.05) is 6.54 Å². The highest BCUT2D eigenvalue weighted by molar-refractivity contribution is 6.15. The normalized spacial score (nSPS) is 14.9. The van der Waals surface area contributed by atoms with E-state index < -0.39 is 5.97 Å². The number of aryl methyl sites for hydroxylation is 2.